The maximum absolute atomic E-state index is 12.2. The third-order valence-electron chi connectivity index (χ3n) is 3.98. The van der Waals surface area contributed by atoms with Crippen LogP contribution in [0.25, 0.3) is 0 Å². The van der Waals surface area contributed by atoms with Gasteiger partial charge in [0.25, 0.3) is 0 Å². The quantitative estimate of drug-likeness (QED) is 0.895. The lowest BCUT2D eigenvalue weighted by molar-refractivity contribution is -0.130. The number of rotatable bonds is 5. The van der Waals surface area contributed by atoms with Gasteiger partial charge in [-0.15, -0.1) is 0 Å². The van der Waals surface area contributed by atoms with Gasteiger partial charge in [-0.3, -0.25) is 4.79 Å². The predicted molar refractivity (Wildman–Crippen MR) is 85.8 cm³/mol. The molecular weight excluding hydrogens is 316 g/mol. The molecule has 3 nitrogen and oxygen atoms in total. The molecule has 1 heterocycles. The smallest absolute Gasteiger partial charge is 0.222 e. The van der Waals surface area contributed by atoms with Crippen LogP contribution in [0.1, 0.15) is 24.0 Å². The normalized spacial score (nSPS) is 18.6. The monoisotopic (exact) mass is 338 g/mol. The number of halogens is 1. The second kappa shape index (κ2) is 7.23. The number of aryl methyl sites for hydroxylation is 2. The van der Waals surface area contributed by atoms with E-state index in [0.29, 0.717) is 18.2 Å². The maximum atomic E-state index is 12.2. The van der Waals surface area contributed by atoms with E-state index in [1.54, 1.807) is 0 Å². The fraction of sp³-hybridized carbons (Fsp3) is 0.562. The number of benzene rings is 1. The average molecular weight is 339 g/mol. The van der Waals surface area contributed by atoms with E-state index in [0.717, 1.165) is 36.9 Å². The third kappa shape index (κ3) is 4.06. The van der Waals surface area contributed by atoms with E-state index in [-0.39, 0.29) is 0 Å². The standard InChI is InChI=1S/C16H23BrN2O/c1-12-9-13(3-5-15(12)17)4-6-16(20)19-8-7-14(11-19)10-18-2/h3,5,9,14,18H,4,6-8,10-11H2,1-2H3/t14-/m1/s1. The number of carbonyl (C=O) groups excluding carboxylic acids is 1. The summed E-state index contributed by atoms with van der Waals surface area (Å²) < 4.78 is 1.13. The number of hydrogen-bond donors (Lipinski definition) is 1. The van der Waals surface area contributed by atoms with E-state index < -0.39 is 0 Å². The van der Waals surface area contributed by atoms with Gasteiger partial charge in [0, 0.05) is 24.0 Å². The summed E-state index contributed by atoms with van der Waals surface area (Å²) in [6.07, 6.45) is 2.58. The predicted octanol–water partition coefficient (Wildman–Crippen LogP) is 2.76. The molecule has 1 fully saturated rings. The highest BCUT2D eigenvalue weighted by molar-refractivity contribution is 9.10. The van der Waals surface area contributed by atoms with Gasteiger partial charge in [-0.1, -0.05) is 28.1 Å². The van der Waals surface area contributed by atoms with Crippen molar-refractivity contribution in [1.82, 2.24) is 10.2 Å². The minimum absolute atomic E-state index is 0.296. The minimum atomic E-state index is 0.296. The van der Waals surface area contributed by atoms with Gasteiger partial charge >= 0.3 is 0 Å². The maximum Gasteiger partial charge on any atom is 0.222 e. The first-order valence-electron chi connectivity index (χ1n) is 7.27. The molecule has 1 aliphatic rings. The number of carbonyl (C=O) groups is 1. The summed E-state index contributed by atoms with van der Waals surface area (Å²) in [5.74, 6) is 0.919. The van der Waals surface area contributed by atoms with Crippen LogP contribution in [0.2, 0.25) is 0 Å². The van der Waals surface area contributed by atoms with Crippen LogP contribution in [0.3, 0.4) is 0 Å². The van der Waals surface area contributed by atoms with Gasteiger partial charge in [-0.25, -0.2) is 0 Å². The molecule has 1 N–H and O–H groups in total. The summed E-state index contributed by atoms with van der Waals surface area (Å²) in [6, 6.07) is 6.32. The van der Waals surface area contributed by atoms with Crippen molar-refractivity contribution in [2.45, 2.75) is 26.2 Å². The molecule has 1 aromatic carbocycles. The summed E-state index contributed by atoms with van der Waals surface area (Å²) in [5, 5.41) is 3.20. The molecule has 1 amide bonds. The van der Waals surface area contributed by atoms with Crippen molar-refractivity contribution in [3.63, 3.8) is 0 Å². The van der Waals surface area contributed by atoms with Gasteiger partial charge in [0.05, 0.1) is 0 Å². The van der Waals surface area contributed by atoms with Crippen LogP contribution in [0.4, 0.5) is 0 Å². The van der Waals surface area contributed by atoms with Gasteiger partial charge in [-0.2, -0.15) is 0 Å². The highest BCUT2D eigenvalue weighted by Gasteiger charge is 2.25. The molecule has 110 valence electrons. The summed E-state index contributed by atoms with van der Waals surface area (Å²) in [5.41, 5.74) is 2.47. The number of amides is 1. The SMILES string of the molecule is CNC[C@H]1CCN(C(=O)CCc2ccc(Br)c(C)c2)C1. The van der Waals surface area contributed by atoms with E-state index in [2.05, 4.69) is 46.4 Å². The van der Waals surface area contributed by atoms with E-state index in [1.807, 2.05) is 11.9 Å². The van der Waals surface area contributed by atoms with Crippen molar-refractivity contribution in [2.75, 3.05) is 26.7 Å². The first-order chi connectivity index (χ1) is 9.60. The Hall–Kier alpha value is -0.870. The Morgan fingerprint density at radius 3 is 3.00 bits per heavy atom. The van der Waals surface area contributed by atoms with Gasteiger partial charge in [0.15, 0.2) is 0 Å². The molecule has 0 radical (unpaired) electrons. The van der Waals surface area contributed by atoms with Gasteiger partial charge in [0.1, 0.15) is 0 Å². The summed E-state index contributed by atoms with van der Waals surface area (Å²) in [4.78, 5) is 14.2. The van der Waals surface area contributed by atoms with Crippen LogP contribution >= 0.6 is 15.9 Å². The molecule has 0 aromatic heterocycles. The van der Waals surface area contributed by atoms with Crippen LogP contribution < -0.4 is 5.32 Å². The zero-order chi connectivity index (χ0) is 14.5. The van der Waals surface area contributed by atoms with Gasteiger partial charge in [-0.05, 0) is 56.5 Å². The Kier molecular flexibility index (Phi) is 5.61. The second-order valence-electron chi connectivity index (χ2n) is 5.64. The summed E-state index contributed by atoms with van der Waals surface area (Å²) in [7, 11) is 1.97. The van der Waals surface area contributed by atoms with Crippen LogP contribution in [-0.4, -0.2) is 37.5 Å². The molecule has 2 rings (SSSR count). The average Bonchev–Trinajstić information content (AvgIpc) is 2.89. The molecule has 1 atom stereocenters. The van der Waals surface area contributed by atoms with E-state index in [4.69, 9.17) is 0 Å². The molecule has 20 heavy (non-hydrogen) atoms. The van der Waals surface area contributed by atoms with Gasteiger partial charge in [0.2, 0.25) is 5.91 Å². The van der Waals surface area contributed by atoms with Crippen molar-refractivity contribution in [2.24, 2.45) is 5.92 Å². The molecule has 0 unspecified atom stereocenters. The fourth-order valence-corrected chi connectivity index (χ4v) is 3.03. The van der Waals surface area contributed by atoms with Crippen molar-refractivity contribution >= 4 is 21.8 Å². The van der Waals surface area contributed by atoms with Crippen molar-refractivity contribution in [3.8, 4) is 0 Å². The molecule has 0 spiro atoms. The highest BCUT2D eigenvalue weighted by atomic mass is 79.9. The Balaban J connectivity index is 1.82. The Morgan fingerprint density at radius 2 is 2.30 bits per heavy atom. The minimum Gasteiger partial charge on any atom is -0.342 e. The zero-order valence-electron chi connectivity index (χ0n) is 12.3. The van der Waals surface area contributed by atoms with Crippen molar-refractivity contribution in [3.05, 3.63) is 33.8 Å². The molecule has 1 saturated heterocycles. The van der Waals surface area contributed by atoms with Crippen LogP contribution in [0, 0.1) is 12.8 Å². The van der Waals surface area contributed by atoms with Gasteiger partial charge < -0.3 is 10.2 Å². The van der Waals surface area contributed by atoms with E-state index in [1.165, 1.54) is 11.1 Å². The third-order valence-corrected chi connectivity index (χ3v) is 4.87. The highest BCUT2D eigenvalue weighted by Crippen LogP contribution is 2.20. The van der Waals surface area contributed by atoms with E-state index >= 15 is 0 Å². The lowest BCUT2D eigenvalue weighted by Crippen LogP contribution is -2.30. The largest absolute Gasteiger partial charge is 0.342 e. The molecule has 4 heteroatoms. The second-order valence-corrected chi connectivity index (χ2v) is 6.49. The number of nitrogens with one attached hydrogen (secondary N) is 1. The summed E-state index contributed by atoms with van der Waals surface area (Å²) in [6.45, 7) is 4.93. The Morgan fingerprint density at radius 1 is 1.50 bits per heavy atom. The molecule has 1 aromatic rings. The zero-order valence-corrected chi connectivity index (χ0v) is 13.9. The Bertz CT molecular complexity index is 476. The first kappa shape index (κ1) is 15.5. The molecular formula is C16H23BrN2O. The number of likely N-dealkylation sites (tertiary alicyclic amines) is 1. The fourth-order valence-electron chi connectivity index (χ4n) is 2.79. The summed E-state index contributed by atoms with van der Waals surface area (Å²) >= 11 is 3.50. The van der Waals surface area contributed by atoms with Crippen molar-refractivity contribution < 1.29 is 4.79 Å². The Labute approximate surface area is 129 Å². The lowest BCUT2D eigenvalue weighted by Gasteiger charge is -2.16. The first-order valence-corrected chi connectivity index (χ1v) is 8.07. The topological polar surface area (TPSA) is 32.3 Å². The number of hydrogen-bond acceptors (Lipinski definition) is 2. The van der Waals surface area contributed by atoms with Crippen LogP contribution in [0.15, 0.2) is 22.7 Å². The number of nitrogens with zero attached hydrogens (tertiary/aromatic N) is 1. The lowest BCUT2D eigenvalue weighted by atomic mass is 10.1. The van der Waals surface area contributed by atoms with Crippen molar-refractivity contribution in [1.29, 1.82) is 0 Å². The van der Waals surface area contributed by atoms with E-state index in [9.17, 15) is 4.79 Å². The molecule has 0 saturated carbocycles. The van der Waals surface area contributed by atoms with Crippen LogP contribution in [0.5, 0.6) is 0 Å². The molecule has 0 aliphatic carbocycles. The molecule has 0 bridgehead atoms. The van der Waals surface area contributed by atoms with Crippen LogP contribution in [-0.2, 0) is 11.2 Å². The molecule has 1 aliphatic heterocycles.